The Morgan fingerprint density at radius 2 is 0.703 bits per heavy atom. The summed E-state index contributed by atoms with van der Waals surface area (Å²) in [7, 11) is -4.76. The third-order valence-corrected chi connectivity index (χ3v) is 13.0. The third kappa shape index (κ3) is 53.2. The standard InChI is InChI=1S/C62H105O11P/c1-4-7-10-13-16-19-22-24-26-28-29-31-32-34-37-39-42-45-48-51-60(64)69-55-59(73-62(66)53-50-47-44-41-38-35-33-30-27-25-23-20-17-14-11-8-5-2)57-71-74(67,68)70-56-58(54-63)72-61(65)52-49-46-43-40-36-21-18-15-12-9-6-3/h7-8,10-11,16-17,19-20,24-27,29,31,34,37,58-59,63H,4-6,9,12-15,18,21-23,28,30,32-33,35-36,38-57H2,1-3H3,(H,67,68)/b10-7-,11-8-,19-16-,20-17-,26-24-,27-25-,31-29-,37-34-. The lowest BCUT2D eigenvalue weighted by molar-refractivity contribution is -0.161. The molecule has 0 rings (SSSR count). The predicted molar refractivity (Wildman–Crippen MR) is 307 cm³/mol. The van der Waals surface area contributed by atoms with E-state index in [1.165, 1.54) is 51.4 Å². The number of esters is 3. The van der Waals surface area contributed by atoms with E-state index in [1.54, 1.807) is 0 Å². The maximum Gasteiger partial charge on any atom is 0.472 e. The number of phosphoric acid groups is 1. The minimum Gasteiger partial charge on any atom is -0.462 e. The molecule has 0 fully saturated rings. The van der Waals surface area contributed by atoms with Gasteiger partial charge in [0.1, 0.15) is 12.7 Å². The molecule has 74 heavy (non-hydrogen) atoms. The van der Waals surface area contributed by atoms with Gasteiger partial charge >= 0.3 is 25.7 Å². The lowest BCUT2D eigenvalue weighted by atomic mass is 10.1. The molecule has 0 aromatic rings. The van der Waals surface area contributed by atoms with Gasteiger partial charge in [-0.15, -0.1) is 0 Å². The van der Waals surface area contributed by atoms with Crippen molar-refractivity contribution in [1.82, 2.24) is 0 Å². The smallest absolute Gasteiger partial charge is 0.462 e. The van der Waals surface area contributed by atoms with Crippen LogP contribution in [0.5, 0.6) is 0 Å². The SMILES string of the molecule is CC/C=C\C/C=C\C/C=C\C/C=C\C/C=C\CCCCCC(=O)OCC(COP(=O)(O)OCC(CO)OC(=O)CCCCCCCCCCCCC)OC(=O)CCCCCCCCC/C=C\C/C=C\C/C=C\CC. The van der Waals surface area contributed by atoms with Crippen molar-refractivity contribution in [1.29, 1.82) is 0 Å². The van der Waals surface area contributed by atoms with Gasteiger partial charge in [0.25, 0.3) is 0 Å². The summed E-state index contributed by atoms with van der Waals surface area (Å²) in [5.41, 5.74) is 0. The summed E-state index contributed by atoms with van der Waals surface area (Å²) in [6.45, 7) is 4.36. The molecular weight excluding hydrogens is 952 g/mol. The minimum absolute atomic E-state index is 0.145. The first-order chi connectivity index (χ1) is 36.2. The molecule has 0 heterocycles. The Balaban J connectivity index is 4.80. The summed E-state index contributed by atoms with van der Waals surface area (Å²) in [5.74, 6) is -1.52. The Morgan fingerprint density at radius 1 is 0.392 bits per heavy atom. The van der Waals surface area contributed by atoms with Gasteiger partial charge in [-0.25, -0.2) is 4.57 Å². The molecule has 0 aliphatic carbocycles. The van der Waals surface area contributed by atoms with E-state index in [0.717, 1.165) is 128 Å². The number of aliphatic hydroxyl groups excluding tert-OH is 1. The number of hydrogen-bond donors (Lipinski definition) is 2. The van der Waals surface area contributed by atoms with Crippen molar-refractivity contribution in [2.45, 2.75) is 251 Å². The second-order valence-corrected chi connectivity index (χ2v) is 20.5. The predicted octanol–water partition coefficient (Wildman–Crippen LogP) is 17.3. The summed E-state index contributed by atoms with van der Waals surface area (Å²) in [6.07, 6.45) is 65.1. The summed E-state index contributed by atoms with van der Waals surface area (Å²) in [4.78, 5) is 48.5. The third-order valence-electron chi connectivity index (χ3n) is 12.0. The first-order valence-corrected chi connectivity index (χ1v) is 30.6. The monoisotopic (exact) mass is 1060 g/mol. The van der Waals surface area contributed by atoms with Crippen LogP contribution >= 0.6 is 7.82 Å². The molecule has 12 heteroatoms. The van der Waals surface area contributed by atoms with Crippen molar-refractivity contribution >= 4 is 25.7 Å². The van der Waals surface area contributed by atoms with Gasteiger partial charge in [0.2, 0.25) is 0 Å². The Morgan fingerprint density at radius 3 is 1.09 bits per heavy atom. The van der Waals surface area contributed by atoms with E-state index in [2.05, 4.69) is 118 Å². The molecule has 0 aromatic heterocycles. The van der Waals surface area contributed by atoms with Gasteiger partial charge in [0, 0.05) is 19.3 Å². The normalized spacial score (nSPS) is 14.1. The van der Waals surface area contributed by atoms with Crippen molar-refractivity contribution in [3.63, 3.8) is 0 Å². The van der Waals surface area contributed by atoms with E-state index >= 15 is 0 Å². The van der Waals surface area contributed by atoms with Crippen LogP contribution in [0.4, 0.5) is 0 Å². The van der Waals surface area contributed by atoms with Crippen LogP contribution < -0.4 is 0 Å². The molecule has 3 unspecified atom stereocenters. The van der Waals surface area contributed by atoms with E-state index in [-0.39, 0.29) is 25.9 Å². The molecule has 0 aliphatic rings. The van der Waals surface area contributed by atoms with E-state index < -0.39 is 57.8 Å². The molecule has 0 radical (unpaired) electrons. The quantitative estimate of drug-likeness (QED) is 0.0197. The fraction of sp³-hybridized carbons (Fsp3) is 0.694. The van der Waals surface area contributed by atoms with Gasteiger partial charge in [-0.2, -0.15) is 0 Å². The van der Waals surface area contributed by atoms with Crippen molar-refractivity contribution in [2.24, 2.45) is 0 Å². The molecule has 0 saturated carbocycles. The first kappa shape index (κ1) is 70.4. The second-order valence-electron chi connectivity index (χ2n) is 19.0. The summed E-state index contributed by atoms with van der Waals surface area (Å²) < 4.78 is 39.5. The Hall–Kier alpha value is -3.60. The molecule has 0 aromatic carbocycles. The Labute approximate surface area is 451 Å². The molecule has 11 nitrogen and oxygen atoms in total. The highest BCUT2D eigenvalue weighted by Gasteiger charge is 2.28. The van der Waals surface area contributed by atoms with Crippen LogP contribution in [0.1, 0.15) is 239 Å². The van der Waals surface area contributed by atoms with Gasteiger partial charge in [0.05, 0.1) is 19.8 Å². The molecule has 0 saturated heterocycles. The zero-order chi connectivity index (χ0) is 54.1. The lowest BCUT2D eigenvalue weighted by Crippen LogP contribution is -2.30. The number of allylic oxidation sites excluding steroid dienone is 16. The summed E-state index contributed by atoms with van der Waals surface area (Å²) in [6, 6.07) is 0. The molecule has 0 bridgehead atoms. The number of phosphoric ester groups is 1. The van der Waals surface area contributed by atoms with Crippen LogP contribution in [0.2, 0.25) is 0 Å². The number of aliphatic hydroxyl groups is 1. The molecule has 0 amide bonds. The molecule has 2 N–H and O–H groups in total. The highest BCUT2D eigenvalue weighted by molar-refractivity contribution is 7.47. The van der Waals surface area contributed by atoms with Gasteiger partial charge in [0.15, 0.2) is 6.10 Å². The zero-order valence-corrected chi connectivity index (χ0v) is 47.7. The largest absolute Gasteiger partial charge is 0.472 e. The van der Waals surface area contributed by atoms with Crippen LogP contribution in [0, 0.1) is 0 Å². The van der Waals surface area contributed by atoms with Crippen LogP contribution in [-0.2, 0) is 42.2 Å². The van der Waals surface area contributed by atoms with Gasteiger partial charge < -0.3 is 24.2 Å². The highest BCUT2D eigenvalue weighted by atomic mass is 31.2. The second kappa shape index (κ2) is 55.6. The van der Waals surface area contributed by atoms with Crippen LogP contribution in [0.15, 0.2) is 97.2 Å². The molecule has 0 aliphatic heterocycles. The lowest BCUT2D eigenvalue weighted by Gasteiger charge is -2.21. The minimum atomic E-state index is -4.76. The van der Waals surface area contributed by atoms with E-state index in [1.807, 2.05) is 0 Å². The summed E-state index contributed by atoms with van der Waals surface area (Å²) in [5, 5.41) is 9.80. The van der Waals surface area contributed by atoms with E-state index in [4.69, 9.17) is 23.3 Å². The maximum absolute atomic E-state index is 12.9. The zero-order valence-electron chi connectivity index (χ0n) is 46.8. The fourth-order valence-electron chi connectivity index (χ4n) is 7.63. The van der Waals surface area contributed by atoms with Gasteiger partial charge in [-0.3, -0.25) is 23.4 Å². The van der Waals surface area contributed by atoms with Crippen molar-refractivity contribution in [3.8, 4) is 0 Å². The molecular formula is C62H105O11P. The van der Waals surface area contributed by atoms with Crippen molar-refractivity contribution < 1.29 is 52.2 Å². The number of hydrogen-bond acceptors (Lipinski definition) is 10. The molecule has 0 spiro atoms. The van der Waals surface area contributed by atoms with Crippen LogP contribution in [0.3, 0.4) is 0 Å². The maximum atomic E-state index is 12.9. The molecule has 3 atom stereocenters. The van der Waals surface area contributed by atoms with E-state index in [0.29, 0.717) is 19.3 Å². The number of rotatable bonds is 53. The van der Waals surface area contributed by atoms with Crippen molar-refractivity contribution in [3.05, 3.63) is 97.2 Å². The average molecular weight is 1060 g/mol. The molecule has 424 valence electrons. The Kier molecular flexibility index (Phi) is 52.9. The highest BCUT2D eigenvalue weighted by Crippen LogP contribution is 2.43. The first-order valence-electron chi connectivity index (χ1n) is 29.1. The van der Waals surface area contributed by atoms with Crippen molar-refractivity contribution in [2.75, 3.05) is 26.4 Å². The number of ether oxygens (including phenoxy) is 3. The van der Waals surface area contributed by atoms with E-state index in [9.17, 15) is 28.9 Å². The van der Waals surface area contributed by atoms with Crippen LogP contribution in [-0.4, -0.2) is 66.5 Å². The van der Waals surface area contributed by atoms with Gasteiger partial charge in [-0.05, 0) is 96.3 Å². The number of carbonyl (C=O) groups is 3. The number of carbonyl (C=O) groups excluding carboxylic acids is 3. The number of unbranched alkanes of at least 4 members (excludes halogenated alkanes) is 20. The summed E-state index contributed by atoms with van der Waals surface area (Å²) >= 11 is 0. The fourth-order valence-corrected chi connectivity index (χ4v) is 8.42. The Bertz CT molecular complexity index is 1610. The average Bonchev–Trinajstić information content (AvgIpc) is 3.39. The van der Waals surface area contributed by atoms with Gasteiger partial charge in [-0.1, -0.05) is 221 Å². The van der Waals surface area contributed by atoms with Crippen LogP contribution in [0.25, 0.3) is 0 Å². The topological polar surface area (TPSA) is 155 Å².